The van der Waals surface area contributed by atoms with E-state index < -0.39 is 18.0 Å². The molecule has 2 aromatic carbocycles. The topological polar surface area (TPSA) is 40.5 Å². The van der Waals surface area contributed by atoms with Crippen molar-refractivity contribution in [2.75, 3.05) is 4.90 Å². The molecule has 1 aliphatic rings. The Morgan fingerprint density at radius 2 is 1.95 bits per heavy atom. The van der Waals surface area contributed by atoms with Crippen LogP contribution in [-0.2, 0) is 0 Å². The van der Waals surface area contributed by atoms with E-state index in [0.29, 0.717) is 16.7 Å². The molecule has 1 aliphatic heterocycles. The lowest BCUT2D eigenvalue weighted by Crippen LogP contribution is -2.28. The number of amides is 1. The predicted molar refractivity (Wildman–Crippen MR) is 74.7 cm³/mol. The first-order chi connectivity index (χ1) is 9.65. The molecule has 1 atom stereocenters. The number of benzene rings is 2. The van der Waals surface area contributed by atoms with Gasteiger partial charge in [-0.05, 0) is 12.1 Å². The Hall–Kier alpha value is -2.46. The molecule has 4 heteroatoms. The van der Waals surface area contributed by atoms with E-state index in [4.69, 9.17) is 0 Å². The molecule has 0 spiro atoms. The molecule has 0 radical (unpaired) electrons. The van der Waals surface area contributed by atoms with Crippen molar-refractivity contribution < 1.29 is 14.3 Å². The zero-order valence-electron chi connectivity index (χ0n) is 10.6. The summed E-state index contributed by atoms with van der Waals surface area (Å²) in [5.74, 6) is -0.976. The van der Waals surface area contributed by atoms with Crippen LogP contribution in [0.3, 0.4) is 0 Å². The number of rotatable bonds is 2. The molecule has 1 N–H and O–H groups in total. The van der Waals surface area contributed by atoms with Gasteiger partial charge in [-0.25, -0.2) is 4.39 Å². The van der Waals surface area contributed by atoms with Crippen molar-refractivity contribution in [2.45, 2.75) is 6.23 Å². The summed E-state index contributed by atoms with van der Waals surface area (Å²) in [6.07, 6.45) is 0.201. The Kier molecular flexibility index (Phi) is 2.88. The third-order valence-corrected chi connectivity index (χ3v) is 3.42. The van der Waals surface area contributed by atoms with Crippen LogP contribution >= 0.6 is 0 Å². The third-order valence-electron chi connectivity index (χ3n) is 3.42. The van der Waals surface area contributed by atoms with Crippen LogP contribution in [0.2, 0.25) is 0 Å². The Morgan fingerprint density at radius 1 is 1.20 bits per heavy atom. The number of hydrogen-bond donors (Lipinski definition) is 1. The summed E-state index contributed by atoms with van der Waals surface area (Å²) in [5, 5.41) is 10.3. The summed E-state index contributed by atoms with van der Waals surface area (Å²) in [5.41, 5.74) is 1.22. The van der Waals surface area contributed by atoms with Crippen molar-refractivity contribution in [1.29, 1.82) is 0 Å². The van der Waals surface area contributed by atoms with Gasteiger partial charge in [-0.2, -0.15) is 0 Å². The molecule has 0 fully saturated rings. The smallest absolute Gasteiger partial charge is 0.261 e. The number of anilines is 1. The molecule has 3 rings (SSSR count). The maximum absolute atomic E-state index is 14.3. The van der Waals surface area contributed by atoms with Gasteiger partial charge in [0.25, 0.3) is 5.91 Å². The van der Waals surface area contributed by atoms with Crippen molar-refractivity contribution in [1.82, 2.24) is 0 Å². The number of hydrogen-bond acceptors (Lipinski definition) is 2. The minimum Gasteiger partial charge on any atom is -0.369 e. The molecule has 20 heavy (non-hydrogen) atoms. The number of nitrogens with zero attached hydrogens (tertiary/aromatic N) is 1. The van der Waals surface area contributed by atoms with Crippen LogP contribution in [-0.4, -0.2) is 11.0 Å². The highest BCUT2D eigenvalue weighted by atomic mass is 19.1. The van der Waals surface area contributed by atoms with Gasteiger partial charge in [0, 0.05) is 16.7 Å². The summed E-state index contributed by atoms with van der Waals surface area (Å²) in [6.45, 7) is 3.53. The van der Waals surface area contributed by atoms with E-state index in [1.807, 2.05) is 0 Å². The molecule has 0 saturated heterocycles. The van der Waals surface area contributed by atoms with Gasteiger partial charge in [0.15, 0.2) is 12.0 Å². The summed E-state index contributed by atoms with van der Waals surface area (Å²) in [6, 6.07) is 11.4. The number of aliphatic hydroxyl groups is 1. The number of halogens is 1. The van der Waals surface area contributed by atoms with Crippen LogP contribution in [0.25, 0.3) is 6.08 Å². The first-order valence-electron chi connectivity index (χ1n) is 6.16. The second-order valence-electron chi connectivity index (χ2n) is 4.52. The predicted octanol–water partition coefficient (Wildman–Crippen LogP) is 3.12. The number of carbonyl (C=O) groups excluding carboxylic acids is 1. The highest BCUT2D eigenvalue weighted by Crippen LogP contribution is 2.37. The number of aliphatic hydroxyl groups excluding tert-OH is 1. The lowest BCUT2D eigenvalue weighted by molar-refractivity contribution is 0.0933. The number of fused-ring (bicyclic) bond motifs is 1. The van der Waals surface area contributed by atoms with E-state index in [1.54, 1.807) is 36.4 Å². The standard InChI is InChI=1S/C16H12FNO2/c1-2-10-6-5-9-13(14(10)17)18-15(19)11-7-3-4-8-12(11)16(18)20/h2-9,15,19H,1H2. The quantitative estimate of drug-likeness (QED) is 0.910. The van der Waals surface area contributed by atoms with E-state index in [0.717, 1.165) is 4.90 Å². The van der Waals surface area contributed by atoms with Crippen molar-refractivity contribution in [3.63, 3.8) is 0 Å². The lowest BCUT2D eigenvalue weighted by Gasteiger charge is -2.22. The van der Waals surface area contributed by atoms with Crippen molar-refractivity contribution >= 4 is 17.7 Å². The first-order valence-corrected chi connectivity index (χ1v) is 6.16. The summed E-state index contributed by atoms with van der Waals surface area (Å²) >= 11 is 0. The molecule has 0 aromatic heterocycles. The van der Waals surface area contributed by atoms with Crippen molar-refractivity contribution in [3.05, 3.63) is 71.6 Å². The monoisotopic (exact) mass is 269 g/mol. The molecule has 100 valence electrons. The fourth-order valence-corrected chi connectivity index (χ4v) is 2.42. The zero-order chi connectivity index (χ0) is 14.3. The summed E-state index contributed by atoms with van der Waals surface area (Å²) < 4.78 is 14.3. The summed E-state index contributed by atoms with van der Waals surface area (Å²) in [7, 11) is 0. The fourth-order valence-electron chi connectivity index (χ4n) is 2.42. The largest absolute Gasteiger partial charge is 0.369 e. The van der Waals surface area contributed by atoms with Gasteiger partial charge in [0.05, 0.1) is 5.69 Å². The first kappa shape index (κ1) is 12.6. The Labute approximate surface area is 115 Å². The maximum atomic E-state index is 14.3. The van der Waals surface area contributed by atoms with Crippen molar-refractivity contribution in [3.8, 4) is 0 Å². The Morgan fingerprint density at radius 3 is 2.65 bits per heavy atom. The van der Waals surface area contributed by atoms with Crippen LogP contribution in [0.4, 0.5) is 10.1 Å². The molecule has 0 saturated carbocycles. The molecular weight excluding hydrogens is 257 g/mol. The van der Waals surface area contributed by atoms with E-state index >= 15 is 0 Å². The Balaban J connectivity index is 2.14. The van der Waals surface area contributed by atoms with Gasteiger partial charge in [-0.3, -0.25) is 9.69 Å². The second kappa shape index (κ2) is 4.58. The van der Waals surface area contributed by atoms with E-state index in [9.17, 15) is 14.3 Å². The highest BCUT2D eigenvalue weighted by molar-refractivity contribution is 6.10. The lowest BCUT2D eigenvalue weighted by atomic mass is 10.1. The van der Waals surface area contributed by atoms with Gasteiger partial charge in [0.1, 0.15) is 0 Å². The van der Waals surface area contributed by atoms with Gasteiger partial charge >= 0.3 is 0 Å². The molecule has 0 bridgehead atoms. The second-order valence-corrected chi connectivity index (χ2v) is 4.52. The van der Waals surface area contributed by atoms with Crippen LogP contribution in [0.1, 0.15) is 27.7 Å². The number of carbonyl (C=O) groups is 1. The maximum Gasteiger partial charge on any atom is 0.261 e. The molecule has 3 nitrogen and oxygen atoms in total. The molecule has 2 aromatic rings. The summed E-state index contributed by atoms with van der Waals surface area (Å²) in [4.78, 5) is 13.4. The molecule has 1 heterocycles. The van der Waals surface area contributed by atoms with Crippen LogP contribution in [0.5, 0.6) is 0 Å². The molecule has 1 unspecified atom stereocenters. The third kappa shape index (κ3) is 1.66. The minimum absolute atomic E-state index is 0.0519. The van der Waals surface area contributed by atoms with E-state index in [2.05, 4.69) is 6.58 Å². The average Bonchev–Trinajstić information content (AvgIpc) is 2.72. The zero-order valence-corrected chi connectivity index (χ0v) is 10.6. The normalized spacial score (nSPS) is 17.2. The van der Waals surface area contributed by atoms with E-state index in [1.165, 1.54) is 12.1 Å². The van der Waals surface area contributed by atoms with Gasteiger partial charge < -0.3 is 5.11 Å². The molecule has 0 aliphatic carbocycles. The average molecular weight is 269 g/mol. The SMILES string of the molecule is C=Cc1cccc(N2C(=O)c3ccccc3C2O)c1F. The molecule has 1 amide bonds. The van der Waals surface area contributed by atoms with Gasteiger partial charge in [-0.15, -0.1) is 0 Å². The van der Waals surface area contributed by atoms with Crippen molar-refractivity contribution in [2.24, 2.45) is 0 Å². The molecular formula is C16H12FNO2. The minimum atomic E-state index is -1.17. The Bertz CT molecular complexity index is 711. The van der Waals surface area contributed by atoms with Crippen LogP contribution < -0.4 is 4.90 Å². The van der Waals surface area contributed by atoms with Crippen LogP contribution in [0, 0.1) is 5.82 Å². The van der Waals surface area contributed by atoms with Gasteiger partial charge in [-0.1, -0.05) is 43.0 Å². The van der Waals surface area contributed by atoms with E-state index in [-0.39, 0.29) is 5.69 Å². The van der Waals surface area contributed by atoms with Gasteiger partial charge in [0.2, 0.25) is 0 Å². The fraction of sp³-hybridized carbons (Fsp3) is 0.0625. The van der Waals surface area contributed by atoms with Crippen LogP contribution in [0.15, 0.2) is 49.0 Å². The highest BCUT2D eigenvalue weighted by Gasteiger charge is 2.37.